The molecule has 15 heavy (non-hydrogen) atoms. The fourth-order valence-electron chi connectivity index (χ4n) is 2.28. The van der Waals surface area contributed by atoms with Gasteiger partial charge in [0.05, 0.1) is 5.69 Å². The maximum Gasteiger partial charge on any atom is 0.0638 e. The highest BCUT2D eigenvalue weighted by molar-refractivity contribution is 5.14. The summed E-state index contributed by atoms with van der Waals surface area (Å²) < 4.78 is 1.89. The van der Waals surface area contributed by atoms with Crippen LogP contribution in [0.25, 0.3) is 0 Å². The van der Waals surface area contributed by atoms with Crippen LogP contribution in [0.4, 0.5) is 0 Å². The Kier molecular flexibility index (Phi) is 2.83. The Balaban J connectivity index is 1.80. The molecule has 0 radical (unpaired) electrons. The fourth-order valence-corrected chi connectivity index (χ4v) is 2.28. The second-order valence-corrected chi connectivity index (χ2v) is 5.18. The van der Waals surface area contributed by atoms with Crippen LogP contribution in [-0.2, 0) is 13.6 Å². The molecule has 0 amide bonds. The highest BCUT2D eigenvalue weighted by Crippen LogP contribution is 2.39. The molecule has 1 aliphatic rings. The highest BCUT2D eigenvalue weighted by atomic mass is 15.2. The summed E-state index contributed by atoms with van der Waals surface area (Å²) in [5.74, 6) is 0. The Morgan fingerprint density at radius 1 is 1.53 bits per heavy atom. The summed E-state index contributed by atoms with van der Waals surface area (Å²) >= 11 is 0. The molecule has 0 unspecified atom stereocenters. The number of hydrogen-bond acceptors (Lipinski definition) is 2. The Morgan fingerprint density at radius 3 is 2.73 bits per heavy atom. The summed E-state index contributed by atoms with van der Waals surface area (Å²) in [7, 11) is 1.98. The first-order valence-corrected chi connectivity index (χ1v) is 5.79. The van der Waals surface area contributed by atoms with Crippen molar-refractivity contribution in [3.8, 4) is 0 Å². The van der Waals surface area contributed by atoms with Gasteiger partial charge in [0, 0.05) is 31.9 Å². The SMILES string of the molecule is Cc1nn(C)cc1CNCC1(C)CCC1. The molecule has 1 heterocycles. The topological polar surface area (TPSA) is 29.9 Å². The standard InChI is InChI=1S/C12H21N3/c1-10-11(8-15(3)14-10)7-13-9-12(2)5-4-6-12/h8,13H,4-7,9H2,1-3H3. The summed E-state index contributed by atoms with van der Waals surface area (Å²) in [5.41, 5.74) is 3.03. The van der Waals surface area contributed by atoms with E-state index in [-0.39, 0.29) is 0 Å². The Morgan fingerprint density at radius 2 is 2.27 bits per heavy atom. The van der Waals surface area contributed by atoms with Crippen molar-refractivity contribution in [2.24, 2.45) is 12.5 Å². The van der Waals surface area contributed by atoms with Crippen molar-refractivity contribution in [2.45, 2.75) is 39.7 Å². The maximum atomic E-state index is 4.34. The lowest BCUT2D eigenvalue weighted by atomic mass is 9.70. The van der Waals surface area contributed by atoms with Crippen LogP contribution in [0.2, 0.25) is 0 Å². The lowest BCUT2D eigenvalue weighted by Crippen LogP contribution is -2.37. The number of aromatic nitrogens is 2. The van der Waals surface area contributed by atoms with E-state index in [0.717, 1.165) is 18.8 Å². The van der Waals surface area contributed by atoms with Gasteiger partial charge in [-0.15, -0.1) is 0 Å². The van der Waals surface area contributed by atoms with Gasteiger partial charge in [-0.05, 0) is 25.2 Å². The van der Waals surface area contributed by atoms with Gasteiger partial charge in [0.2, 0.25) is 0 Å². The molecular formula is C12H21N3. The predicted molar refractivity (Wildman–Crippen MR) is 61.6 cm³/mol. The Hall–Kier alpha value is -0.830. The quantitative estimate of drug-likeness (QED) is 0.818. The first-order valence-electron chi connectivity index (χ1n) is 5.79. The normalized spacial score (nSPS) is 18.9. The van der Waals surface area contributed by atoms with Gasteiger partial charge in [-0.2, -0.15) is 5.10 Å². The molecule has 0 aliphatic heterocycles. The van der Waals surface area contributed by atoms with Crippen LogP contribution in [0.3, 0.4) is 0 Å². The van der Waals surface area contributed by atoms with E-state index in [2.05, 4.69) is 30.5 Å². The van der Waals surface area contributed by atoms with Crippen LogP contribution in [0.1, 0.15) is 37.4 Å². The van der Waals surface area contributed by atoms with E-state index in [9.17, 15) is 0 Å². The van der Waals surface area contributed by atoms with Gasteiger partial charge in [-0.1, -0.05) is 13.3 Å². The van der Waals surface area contributed by atoms with Gasteiger partial charge in [0.1, 0.15) is 0 Å². The van der Waals surface area contributed by atoms with E-state index >= 15 is 0 Å². The summed E-state index contributed by atoms with van der Waals surface area (Å²) in [5, 5.41) is 7.88. The predicted octanol–water partition coefficient (Wildman–Crippen LogP) is 2.01. The first kappa shape index (κ1) is 10.7. The molecular weight excluding hydrogens is 186 g/mol. The Labute approximate surface area is 91.9 Å². The van der Waals surface area contributed by atoms with E-state index in [0.29, 0.717) is 5.41 Å². The molecule has 3 nitrogen and oxygen atoms in total. The zero-order valence-electron chi connectivity index (χ0n) is 10.0. The van der Waals surface area contributed by atoms with Crippen molar-refractivity contribution < 1.29 is 0 Å². The van der Waals surface area contributed by atoms with Crippen molar-refractivity contribution in [3.63, 3.8) is 0 Å². The third-order valence-electron chi connectivity index (χ3n) is 3.54. The first-order chi connectivity index (χ1) is 7.09. The van der Waals surface area contributed by atoms with Crippen LogP contribution >= 0.6 is 0 Å². The van der Waals surface area contributed by atoms with Gasteiger partial charge in [-0.3, -0.25) is 4.68 Å². The van der Waals surface area contributed by atoms with Crippen molar-refractivity contribution in [1.82, 2.24) is 15.1 Å². The molecule has 0 saturated heterocycles. The van der Waals surface area contributed by atoms with Crippen LogP contribution < -0.4 is 5.32 Å². The zero-order chi connectivity index (χ0) is 10.9. The Bertz CT molecular complexity index is 337. The molecule has 2 rings (SSSR count). The molecule has 0 bridgehead atoms. The van der Waals surface area contributed by atoms with Gasteiger partial charge < -0.3 is 5.32 Å². The summed E-state index contributed by atoms with van der Waals surface area (Å²) in [6, 6.07) is 0. The molecule has 0 aromatic carbocycles. The molecule has 1 aromatic rings. The van der Waals surface area contributed by atoms with E-state index in [1.807, 2.05) is 11.7 Å². The largest absolute Gasteiger partial charge is 0.312 e. The van der Waals surface area contributed by atoms with E-state index in [4.69, 9.17) is 0 Å². The monoisotopic (exact) mass is 207 g/mol. The van der Waals surface area contributed by atoms with Crippen molar-refractivity contribution in [1.29, 1.82) is 0 Å². The minimum Gasteiger partial charge on any atom is -0.312 e. The number of aryl methyl sites for hydroxylation is 2. The average molecular weight is 207 g/mol. The third-order valence-corrected chi connectivity index (χ3v) is 3.54. The van der Waals surface area contributed by atoms with Crippen molar-refractivity contribution in [3.05, 3.63) is 17.5 Å². The van der Waals surface area contributed by atoms with Gasteiger partial charge in [0.25, 0.3) is 0 Å². The molecule has 0 spiro atoms. The summed E-state index contributed by atoms with van der Waals surface area (Å²) in [4.78, 5) is 0. The lowest BCUT2D eigenvalue weighted by molar-refractivity contribution is 0.156. The van der Waals surface area contributed by atoms with Crippen molar-refractivity contribution >= 4 is 0 Å². The van der Waals surface area contributed by atoms with Crippen LogP contribution in [-0.4, -0.2) is 16.3 Å². The fraction of sp³-hybridized carbons (Fsp3) is 0.750. The van der Waals surface area contributed by atoms with Gasteiger partial charge in [-0.25, -0.2) is 0 Å². The van der Waals surface area contributed by atoms with Gasteiger partial charge >= 0.3 is 0 Å². The highest BCUT2D eigenvalue weighted by Gasteiger charge is 2.30. The molecule has 84 valence electrons. The smallest absolute Gasteiger partial charge is 0.0638 e. The number of hydrogen-bond donors (Lipinski definition) is 1. The van der Waals surface area contributed by atoms with Crippen molar-refractivity contribution in [2.75, 3.05) is 6.54 Å². The molecule has 1 saturated carbocycles. The number of nitrogens with one attached hydrogen (secondary N) is 1. The molecule has 1 fully saturated rings. The molecule has 1 aromatic heterocycles. The lowest BCUT2D eigenvalue weighted by Gasteiger charge is -2.38. The second-order valence-electron chi connectivity index (χ2n) is 5.18. The van der Waals surface area contributed by atoms with Crippen LogP contribution in [0, 0.1) is 12.3 Å². The minimum absolute atomic E-state index is 0.566. The van der Waals surface area contributed by atoms with E-state index < -0.39 is 0 Å². The molecule has 0 atom stereocenters. The molecule has 3 heteroatoms. The average Bonchev–Trinajstić information content (AvgIpc) is 2.42. The number of rotatable bonds is 4. The summed E-state index contributed by atoms with van der Waals surface area (Å²) in [6.07, 6.45) is 6.27. The van der Waals surface area contributed by atoms with Gasteiger partial charge in [0.15, 0.2) is 0 Å². The number of nitrogens with zero attached hydrogens (tertiary/aromatic N) is 2. The zero-order valence-corrected chi connectivity index (χ0v) is 10.0. The van der Waals surface area contributed by atoms with E-state index in [1.54, 1.807) is 0 Å². The molecule has 1 N–H and O–H groups in total. The van der Waals surface area contributed by atoms with Crippen LogP contribution in [0.15, 0.2) is 6.20 Å². The van der Waals surface area contributed by atoms with Crippen LogP contribution in [0.5, 0.6) is 0 Å². The minimum atomic E-state index is 0.566. The van der Waals surface area contributed by atoms with E-state index in [1.165, 1.54) is 24.8 Å². The maximum absolute atomic E-state index is 4.34. The second kappa shape index (κ2) is 3.97. The molecule has 1 aliphatic carbocycles. The third kappa shape index (κ3) is 2.40. The summed E-state index contributed by atoms with van der Waals surface area (Å²) in [6.45, 7) is 6.54.